The van der Waals surface area contributed by atoms with Crippen molar-refractivity contribution < 1.29 is 0 Å². The Kier molecular flexibility index (Phi) is 2.50. The molecule has 1 saturated carbocycles. The van der Waals surface area contributed by atoms with Crippen LogP contribution in [0.5, 0.6) is 0 Å². The monoisotopic (exact) mass is 230 g/mol. The molecule has 1 aromatic heterocycles. The van der Waals surface area contributed by atoms with E-state index in [1.54, 1.807) is 11.3 Å². The van der Waals surface area contributed by atoms with Crippen molar-refractivity contribution in [1.29, 1.82) is 0 Å². The van der Waals surface area contributed by atoms with Gasteiger partial charge in [-0.25, -0.2) is 0 Å². The van der Waals surface area contributed by atoms with Crippen LogP contribution in [0.1, 0.15) is 23.3 Å². The molecule has 0 bridgehead atoms. The fraction of sp³-hybridized carbons (Fsp3) is 0.308. The Morgan fingerprint density at radius 3 is 2.69 bits per heavy atom. The lowest BCUT2D eigenvalue weighted by Crippen LogP contribution is -2.27. The third-order valence-corrected chi connectivity index (χ3v) is 3.94. The lowest BCUT2D eigenvalue weighted by Gasteiger charge is -2.17. The number of benzene rings is 1. The van der Waals surface area contributed by atoms with Crippen LogP contribution in [0.15, 0.2) is 42.0 Å². The molecule has 1 heterocycles. The first-order valence-electron chi connectivity index (χ1n) is 5.57. The number of hydrogen-bond donors (Lipinski definition) is 1. The molecule has 0 radical (unpaired) electrons. The van der Waals surface area contributed by atoms with Crippen LogP contribution in [0.3, 0.4) is 0 Å². The molecule has 2 aromatic rings. The van der Waals surface area contributed by atoms with Crippen molar-refractivity contribution in [2.75, 3.05) is 0 Å². The fourth-order valence-electron chi connectivity index (χ4n) is 2.04. The predicted octanol–water partition coefficient (Wildman–Crippen LogP) is 2.92. The van der Waals surface area contributed by atoms with Crippen LogP contribution in [-0.2, 0) is 12.1 Å². The van der Waals surface area contributed by atoms with Gasteiger partial charge in [0.1, 0.15) is 0 Å². The third kappa shape index (κ3) is 1.88. The van der Waals surface area contributed by atoms with Gasteiger partial charge in [0.15, 0.2) is 0 Å². The first kappa shape index (κ1) is 10.00. The van der Waals surface area contributed by atoms with Gasteiger partial charge in [-0.1, -0.05) is 30.3 Å². The van der Waals surface area contributed by atoms with Crippen LogP contribution in [-0.4, -0.2) is 4.98 Å². The van der Waals surface area contributed by atoms with E-state index in [0.717, 1.165) is 6.54 Å². The van der Waals surface area contributed by atoms with Crippen LogP contribution in [0.4, 0.5) is 0 Å². The molecular formula is C13H14N2S. The van der Waals surface area contributed by atoms with Gasteiger partial charge in [-0.2, -0.15) is 0 Å². The number of nitrogens with zero attached hydrogens (tertiary/aromatic N) is 1. The van der Waals surface area contributed by atoms with Gasteiger partial charge in [0.05, 0.1) is 5.51 Å². The largest absolute Gasteiger partial charge is 0.302 e. The first-order valence-corrected chi connectivity index (χ1v) is 6.45. The number of rotatable bonds is 4. The Bertz CT molecular complexity index is 446. The topological polar surface area (TPSA) is 24.9 Å². The molecule has 0 saturated heterocycles. The zero-order valence-electron chi connectivity index (χ0n) is 9.02. The summed E-state index contributed by atoms with van der Waals surface area (Å²) in [5.41, 5.74) is 3.55. The normalized spacial score (nSPS) is 17.2. The van der Waals surface area contributed by atoms with E-state index in [4.69, 9.17) is 0 Å². The molecule has 1 fully saturated rings. The average molecular weight is 230 g/mol. The summed E-state index contributed by atoms with van der Waals surface area (Å²) in [5.74, 6) is 0. The number of hydrogen-bond acceptors (Lipinski definition) is 3. The average Bonchev–Trinajstić information content (AvgIpc) is 2.96. The van der Waals surface area contributed by atoms with Crippen molar-refractivity contribution in [2.45, 2.75) is 24.9 Å². The van der Waals surface area contributed by atoms with Gasteiger partial charge in [-0.3, -0.25) is 4.98 Å². The summed E-state index contributed by atoms with van der Waals surface area (Å²) in [5, 5.41) is 3.66. The molecule has 0 spiro atoms. The summed E-state index contributed by atoms with van der Waals surface area (Å²) in [6, 6.07) is 10.7. The maximum Gasteiger partial charge on any atom is 0.0794 e. The summed E-state index contributed by atoms with van der Waals surface area (Å²) in [6.45, 7) is 0.930. The van der Waals surface area contributed by atoms with E-state index >= 15 is 0 Å². The maximum absolute atomic E-state index is 4.09. The Hall–Kier alpha value is -1.19. The molecule has 3 rings (SSSR count). The van der Waals surface area contributed by atoms with E-state index in [0.29, 0.717) is 0 Å². The zero-order chi connectivity index (χ0) is 10.8. The van der Waals surface area contributed by atoms with Crippen molar-refractivity contribution in [3.05, 3.63) is 52.5 Å². The van der Waals surface area contributed by atoms with Gasteiger partial charge < -0.3 is 5.32 Å². The Morgan fingerprint density at radius 2 is 2.06 bits per heavy atom. The Morgan fingerprint density at radius 1 is 1.25 bits per heavy atom. The molecule has 16 heavy (non-hydrogen) atoms. The van der Waals surface area contributed by atoms with Crippen molar-refractivity contribution in [1.82, 2.24) is 10.3 Å². The van der Waals surface area contributed by atoms with E-state index in [-0.39, 0.29) is 5.54 Å². The minimum Gasteiger partial charge on any atom is -0.302 e. The molecule has 0 amide bonds. The van der Waals surface area contributed by atoms with Crippen molar-refractivity contribution in [3.63, 3.8) is 0 Å². The maximum atomic E-state index is 4.09. The molecule has 82 valence electrons. The highest BCUT2D eigenvalue weighted by atomic mass is 32.1. The molecule has 0 atom stereocenters. The fourth-order valence-corrected chi connectivity index (χ4v) is 2.57. The second-order valence-electron chi connectivity index (χ2n) is 4.27. The quantitative estimate of drug-likeness (QED) is 0.873. The highest BCUT2D eigenvalue weighted by Crippen LogP contribution is 2.45. The van der Waals surface area contributed by atoms with Crippen LogP contribution in [0.2, 0.25) is 0 Å². The minimum atomic E-state index is 0.241. The van der Waals surface area contributed by atoms with Crippen molar-refractivity contribution in [2.24, 2.45) is 0 Å². The Balaban J connectivity index is 1.71. The molecule has 1 aliphatic carbocycles. The lowest BCUT2D eigenvalue weighted by molar-refractivity contribution is 0.522. The van der Waals surface area contributed by atoms with E-state index < -0.39 is 0 Å². The van der Waals surface area contributed by atoms with Gasteiger partial charge in [-0.05, 0) is 18.4 Å². The summed E-state index contributed by atoms with van der Waals surface area (Å²) >= 11 is 1.71. The molecule has 1 aliphatic rings. The Labute approximate surface area is 99.4 Å². The summed E-state index contributed by atoms with van der Waals surface area (Å²) in [4.78, 5) is 5.40. The van der Waals surface area contributed by atoms with Crippen molar-refractivity contribution >= 4 is 11.3 Å². The number of thiazole rings is 1. The third-order valence-electron chi connectivity index (χ3n) is 3.16. The molecule has 1 aromatic carbocycles. The molecule has 3 heteroatoms. The molecule has 0 aliphatic heterocycles. The predicted molar refractivity (Wildman–Crippen MR) is 66.3 cm³/mol. The van der Waals surface area contributed by atoms with Gasteiger partial charge >= 0.3 is 0 Å². The molecular weight excluding hydrogens is 216 g/mol. The van der Waals surface area contributed by atoms with E-state index in [9.17, 15) is 0 Å². The summed E-state index contributed by atoms with van der Waals surface area (Å²) < 4.78 is 0. The van der Waals surface area contributed by atoms with E-state index in [1.807, 2.05) is 11.7 Å². The number of aromatic nitrogens is 1. The smallest absolute Gasteiger partial charge is 0.0794 e. The second-order valence-corrected chi connectivity index (χ2v) is 5.24. The van der Waals surface area contributed by atoms with Crippen molar-refractivity contribution in [3.8, 4) is 0 Å². The molecule has 1 N–H and O–H groups in total. The van der Waals surface area contributed by atoms with Gasteiger partial charge in [0.25, 0.3) is 0 Å². The van der Waals surface area contributed by atoms with Gasteiger partial charge in [-0.15, -0.1) is 11.3 Å². The standard InChI is InChI=1S/C13H14N2S/c1-2-4-11(5-3-1)13(6-7-13)15-9-12-8-14-10-16-12/h1-5,8,10,15H,6-7,9H2. The van der Waals surface area contributed by atoms with Crippen LogP contribution in [0.25, 0.3) is 0 Å². The lowest BCUT2D eigenvalue weighted by atomic mass is 10.1. The van der Waals surface area contributed by atoms with Crippen LogP contribution < -0.4 is 5.32 Å². The first-order chi connectivity index (χ1) is 7.89. The minimum absolute atomic E-state index is 0.241. The summed E-state index contributed by atoms with van der Waals surface area (Å²) in [7, 11) is 0. The van der Waals surface area contributed by atoms with E-state index in [1.165, 1.54) is 23.3 Å². The van der Waals surface area contributed by atoms with Crippen LogP contribution >= 0.6 is 11.3 Å². The highest BCUT2D eigenvalue weighted by molar-refractivity contribution is 7.09. The van der Waals surface area contributed by atoms with Gasteiger partial charge in [0.2, 0.25) is 0 Å². The molecule has 0 unspecified atom stereocenters. The number of nitrogens with one attached hydrogen (secondary N) is 1. The van der Waals surface area contributed by atoms with Crippen LogP contribution in [0, 0.1) is 0 Å². The second kappa shape index (κ2) is 4.00. The van der Waals surface area contributed by atoms with Gasteiger partial charge in [0, 0.05) is 23.2 Å². The molecule has 2 nitrogen and oxygen atoms in total. The SMILES string of the molecule is c1ccc(C2(NCc3cncs3)CC2)cc1. The highest BCUT2D eigenvalue weighted by Gasteiger charge is 2.43. The van der Waals surface area contributed by atoms with E-state index in [2.05, 4.69) is 40.6 Å². The zero-order valence-corrected chi connectivity index (χ0v) is 9.83. The summed E-state index contributed by atoms with van der Waals surface area (Å²) in [6.07, 6.45) is 4.43.